The molecular formula is C17H18N4O3S2. The summed E-state index contributed by atoms with van der Waals surface area (Å²) in [5.41, 5.74) is 1.18. The summed E-state index contributed by atoms with van der Waals surface area (Å²) in [6, 6.07) is 8.62. The van der Waals surface area contributed by atoms with Gasteiger partial charge in [0.2, 0.25) is 10.9 Å². The molecule has 2 aromatic heterocycles. The number of ether oxygens (including phenoxy) is 1. The molecule has 0 atom stereocenters. The number of aromatic nitrogens is 3. The summed E-state index contributed by atoms with van der Waals surface area (Å²) in [6.45, 7) is 1.99. The molecule has 7 nitrogen and oxygen atoms in total. The summed E-state index contributed by atoms with van der Waals surface area (Å²) >= 11 is 2.82. The first-order valence-electron chi connectivity index (χ1n) is 7.99. The standard InChI is InChI=1S/C17H18N4O3S2/c1-3-15-20-21-16(23)8-12(19-17(21)26-15)9-25-10-14(22)18-11-4-6-13(24-2)7-5-11/h4-8H,3,9-10H2,1-2H3,(H,18,22). The Kier molecular flexibility index (Phi) is 5.89. The Labute approximate surface area is 158 Å². The number of carbonyl (C=O) groups is 1. The van der Waals surface area contributed by atoms with Gasteiger partial charge in [-0.15, -0.1) is 11.8 Å². The third-order valence-corrected chi connectivity index (χ3v) is 5.52. The number of methoxy groups -OCH3 is 1. The highest BCUT2D eigenvalue weighted by atomic mass is 32.2. The lowest BCUT2D eigenvalue weighted by Crippen LogP contribution is -2.16. The van der Waals surface area contributed by atoms with Crippen molar-refractivity contribution in [2.24, 2.45) is 0 Å². The normalized spacial score (nSPS) is 10.8. The minimum Gasteiger partial charge on any atom is -0.497 e. The highest BCUT2D eigenvalue weighted by Gasteiger charge is 2.09. The second kappa shape index (κ2) is 8.33. The lowest BCUT2D eigenvalue weighted by atomic mass is 10.3. The monoisotopic (exact) mass is 390 g/mol. The van der Waals surface area contributed by atoms with Crippen molar-refractivity contribution in [2.45, 2.75) is 19.1 Å². The summed E-state index contributed by atoms with van der Waals surface area (Å²) in [5.74, 6) is 1.39. The average molecular weight is 390 g/mol. The van der Waals surface area contributed by atoms with Crippen LogP contribution in [-0.4, -0.2) is 33.4 Å². The quantitative estimate of drug-likeness (QED) is 0.667. The van der Waals surface area contributed by atoms with E-state index in [-0.39, 0.29) is 17.2 Å². The van der Waals surface area contributed by atoms with Crippen LogP contribution in [0.15, 0.2) is 35.1 Å². The molecular weight excluding hydrogens is 372 g/mol. The molecule has 0 aliphatic heterocycles. The maximum atomic E-state index is 12.1. The molecule has 1 N–H and O–H groups in total. The molecule has 0 bridgehead atoms. The van der Waals surface area contributed by atoms with Crippen molar-refractivity contribution in [2.75, 3.05) is 18.2 Å². The summed E-state index contributed by atoms with van der Waals surface area (Å²) in [6.07, 6.45) is 0.767. The van der Waals surface area contributed by atoms with E-state index in [1.807, 2.05) is 6.92 Å². The fraction of sp³-hybridized carbons (Fsp3) is 0.294. The second-order valence-electron chi connectivity index (χ2n) is 5.40. The van der Waals surface area contributed by atoms with E-state index in [4.69, 9.17) is 4.74 Å². The SMILES string of the molecule is CCc1nn2c(=O)cc(CSCC(=O)Nc3ccc(OC)cc3)nc2s1. The van der Waals surface area contributed by atoms with Crippen LogP contribution in [0.4, 0.5) is 5.69 Å². The Morgan fingerprint density at radius 1 is 1.35 bits per heavy atom. The summed E-state index contributed by atoms with van der Waals surface area (Å²) in [5, 5.41) is 7.92. The zero-order valence-corrected chi connectivity index (χ0v) is 16.0. The van der Waals surface area contributed by atoms with Crippen molar-refractivity contribution < 1.29 is 9.53 Å². The summed E-state index contributed by atoms with van der Waals surface area (Å²) in [7, 11) is 1.59. The van der Waals surface area contributed by atoms with E-state index < -0.39 is 0 Å². The zero-order chi connectivity index (χ0) is 18.5. The van der Waals surface area contributed by atoms with Gasteiger partial charge in [0.25, 0.3) is 5.56 Å². The van der Waals surface area contributed by atoms with Crippen LogP contribution < -0.4 is 15.6 Å². The largest absolute Gasteiger partial charge is 0.497 e. The number of anilines is 1. The molecule has 9 heteroatoms. The van der Waals surface area contributed by atoms with Gasteiger partial charge in [0.15, 0.2) is 0 Å². The van der Waals surface area contributed by atoms with Gasteiger partial charge in [-0.25, -0.2) is 4.98 Å². The fourth-order valence-corrected chi connectivity index (χ4v) is 3.81. The van der Waals surface area contributed by atoms with Gasteiger partial charge < -0.3 is 10.1 Å². The number of hydrogen-bond acceptors (Lipinski definition) is 7. The molecule has 0 spiro atoms. The molecule has 0 radical (unpaired) electrons. The van der Waals surface area contributed by atoms with Crippen molar-refractivity contribution in [1.29, 1.82) is 0 Å². The first-order valence-corrected chi connectivity index (χ1v) is 9.96. The Hall–Kier alpha value is -2.39. The first-order chi connectivity index (χ1) is 12.6. The van der Waals surface area contributed by atoms with Crippen LogP contribution in [0.5, 0.6) is 5.75 Å². The van der Waals surface area contributed by atoms with Gasteiger partial charge in [0, 0.05) is 17.5 Å². The number of benzene rings is 1. The lowest BCUT2D eigenvalue weighted by molar-refractivity contribution is -0.113. The van der Waals surface area contributed by atoms with Crippen LogP contribution in [-0.2, 0) is 17.0 Å². The van der Waals surface area contributed by atoms with Crippen LogP contribution in [0.1, 0.15) is 17.6 Å². The van der Waals surface area contributed by atoms with E-state index in [2.05, 4.69) is 15.4 Å². The molecule has 2 heterocycles. The molecule has 1 amide bonds. The van der Waals surface area contributed by atoms with E-state index in [0.29, 0.717) is 22.1 Å². The lowest BCUT2D eigenvalue weighted by Gasteiger charge is -2.06. The van der Waals surface area contributed by atoms with Gasteiger partial charge >= 0.3 is 0 Å². The topological polar surface area (TPSA) is 85.6 Å². The third-order valence-electron chi connectivity index (χ3n) is 3.50. The summed E-state index contributed by atoms with van der Waals surface area (Å²) < 4.78 is 6.41. The van der Waals surface area contributed by atoms with Gasteiger partial charge in [-0.3, -0.25) is 9.59 Å². The Balaban J connectivity index is 1.56. The maximum absolute atomic E-state index is 12.1. The van der Waals surface area contributed by atoms with Gasteiger partial charge in [0.05, 0.1) is 18.6 Å². The number of amides is 1. The Morgan fingerprint density at radius 3 is 2.81 bits per heavy atom. The van der Waals surface area contributed by atoms with Crippen LogP contribution in [0, 0.1) is 0 Å². The predicted molar refractivity (Wildman–Crippen MR) is 104 cm³/mol. The number of rotatable bonds is 7. The fourth-order valence-electron chi connectivity index (χ4n) is 2.23. The van der Waals surface area contributed by atoms with Crippen molar-refractivity contribution in [3.63, 3.8) is 0 Å². The van der Waals surface area contributed by atoms with Crippen molar-refractivity contribution in [1.82, 2.24) is 14.6 Å². The molecule has 0 unspecified atom stereocenters. The highest BCUT2D eigenvalue weighted by molar-refractivity contribution is 7.99. The summed E-state index contributed by atoms with van der Waals surface area (Å²) in [4.78, 5) is 29.2. The number of carbonyl (C=O) groups excluding carboxylic acids is 1. The van der Waals surface area contributed by atoms with E-state index in [0.717, 1.165) is 17.2 Å². The highest BCUT2D eigenvalue weighted by Crippen LogP contribution is 2.17. The Morgan fingerprint density at radius 2 is 2.12 bits per heavy atom. The van der Waals surface area contributed by atoms with Gasteiger partial charge in [0.1, 0.15) is 10.8 Å². The molecule has 0 fully saturated rings. The number of hydrogen-bond donors (Lipinski definition) is 1. The van der Waals surface area contributed by atoms with Gasteiger partial charge in [-0.2, -0.15) is 9.61 Å². The van der Waals surface area contributed by atoms with Crippen LogP contribution >= 0.6 is 23.1 Å². The molecule has 0 saturated heterocycles. The van der Waals surface area contributed by atoms with Crippen LogP contribution in [0.25, 0.3) is 4.96 Å². The van der Waals surface area contributed by atoms with E-state index in [1.165, 1.54) is 33.7 Å². The Bertz CT molecular complexity index is 966. The molecule has 26 heavy (non-hydrogen) atoms. The number of nitrogens with zero attached hydrogens (tertiary/aromatic N) is 3. The van der Waals surface area contributed by atoms with Crippen molar-refractivity contribution in [3.8, 4) is 5.75 Å². The van der Waals surface area contributed by atoms with Crippen molar-refractivity contribution in [3.05, 3.63) is 51.4 Å². The minimum atomic E-state index is -0.191. The van der Waals surface area contributed by atoms with Crippen LogP contribution in [0.2, 0.25) is 0 Å². The first kappa shape index (κ1) is 18.4. The number of aryl methyl sites for hydroxylation is 1. The maximum Gasteiger partial charge on any atom is 0.275 e. The second-order valence-corrected chi connectivity index (χ2v) is 7.43. The third kappa shape index (κ3) is 4.41. The predicted octanol–water partition coefficient (Wildman–Crippen LogP) is 2.59. The van der Waals surface area contributed by atoms with E-state index in [1.54, 1.807) is 31.4 Å². The van der Waals surface area contributed by atoms with E-state index >= 15 is 0 Å². The molecule has 0 aliphatic carbocycles. The number of fused-ring (bicyclic) bond motifs is 1. The van der Waals surface area contributed by atoms with Gasteiger partial charge in [-0.1, -0.05) is 18.3 Å². The molecule has 1 aromatic carbocycles. The number of thioether (sulfide) groups is 1. The van der Waals surface area contributed by atoms with E-state index in [9.17, 15) is 9.59 Å². The smallest absolute Gasteiger partial charge is 0.275 e. The van der Waals surface area contributed by atoms with Crippen molar-refractivity contribution >= 4 is 39.7 Å². The molecule has 3 aromatic rings. The molecule has 136 valence electrons. The molecule has 0 saturated carbocycles. The minimum absolute atomic E-state index is 0.107. The molecule has 3 rings (SSSR count). The zero-order valence-electron chi connectivity index (χ0n) is 14.4. The molecule has 0 aliphatic rings. The van der Waals surface area contributed by atoms with Crippen LogP contribution in [0.3, 0.4) is 0 Å². The average Bonchev–Trinajstić information content (AvgIpc) is 3.06. The number of nitrogens with one attached hydrogen (secondary N) is 1. The van der Waals surface area contributed by atoms with Gasteiger partial charge in [-0.05, 0) is 30.7 Å².